The van der Waals surface area contributed by atoms with E-state index in [1.807, 2.05) is 17.7 Å². The maximum absolute atomic E-state index is 13.2. The summed E-state index contributed by atoms with van der Waals surface area (Å²) in [5.74, 6) is 0.724. The van der Waals surface area contributed by atoms with Crippen molar-refractivity contribution >= 4 is 10.9 Å². The number of nitrogens with one attached hydrogen (secondary N) is 1. The topological polar surface area (TPSA) is 88.9 Å². The SMILES string of the molecule is Cc1cc(C)c2[nH]c(=O)c([C@@H](c3nnnn3C[C@@H]3CCCO3)N3CCCC3)cc2c1. The summed E-state index contributed by atoms with van der Waals surface area (Å²) in [7, 11) is 0. The summed E-state index contributed by atoms with van der Waals surface area (Å²) in [6, 6.07) is 5.98. The minimum absolute atomic E-state index is 0.0713. The Balaban J connectivity index is 1.62. The lowest BCUT2D eigenvalue weighted by Crippen LogP contribution is -2.34. The van der Waals surface area contributed by atoms with Gasteiger partial charge in [-0.25, -0.2) is 4.68 Å². The lowest BCUT2D eigenvalue weighted by molar-refractivity contribution is 0.0912. The van der Waals surface area contributed by atoms with Gasteiger partial charge in [-0.1, -0.05) is 11.6 Å². The van der Waals surface area contributed by atoms with Crippen LogP contribution in [-0.2, 0) is 11.3 Å². The van der Waals surface area contributed by atoms with Gasteiger partial charge in [0.15, 0.2) is 5.82 Å². The molecule has 0 unspecified atom stereocenters. The molecular formula is C22H28N6O2. The summed E-state index contributed by atoms with van der Waals surface area (Å²) in [6.07, 6.45) is 4.46. The molecule has 0 aliphatic carbocycles. The number of rotatable bonds is 5. The number of benzene rings is 1. The molecule has 0 saturated carbocycles. The molecule has 30 heavy (non-hydrogen) atoms. The van der Waals surface area contributed by atoms with Crippen LogP contribution in [0.1, 0.15) is 54.2 Å². The highest BCUT2D eigenvalue weighted by atomic mass is 16.5. The molecule has 8 nitrogen and oxygen atoms in total. The zero-order valence-electron chi connectivity index (χ0n) is 17.6. The molecule has 0 amide bonds. The molecule has 2 aromatic heterocycles. The van der Waals surface area contributed by atoms with Gasteiger partial charge in [0.2, 0.25) is 0 Å². The lowest BCUT2D eigenvalue weighted by atomic mass is 10.0. The van der Waals surface area contributed by atoms with Crippen LogP contribution in [0.5, 0.6) is 0 Å². The molecule has 1 N–H and O–H groups in total. The molecule has 4 heterocycles. The first kappa shape index (κ1) is 19.4. The van der Waals surface area contributed by atoms with Crippen LogP contribution in [0.2, 0.25) is 0 Å². The Morgan fingerprint density at radius 1 is 1.20 bits per heavy atom. The van der Waals surface area contributed by atoms with E-state index < -0.39 is 0 Å². The van der Waals surface area contributed by atoms with Crippen molar-refractivity contribution < 1.29 is 4.74 Å². The van der Waals surface area contributed by atoms with Gasteiger partial charge in [-0.2, -0.15) is 0 Å². The predicted molar refractivity (Wildman–Crippen MR) is 113 cm³/mol. The van der Waals surface area contributed by atoms with Gasteiger partial charge in [0.1, 0.15) is 6.04 Å². The molecule has 2 aliphatic rings. The third-order valence-corrected chi connectivity index (χ3v) is 6.33. The molecule has 5 rings (SSSR count). The molecule has 2 fully saturated rings. The van der Waals surface area contributed by atoms with E-state index in [0.29, 0.717) is 12.1 Å². The van der Waals surface area contributed by atoms with Crippen LogP contribution in [0.4, 0.5) is 0 Å². The van der Waals surface area contributed by atoms with Crippen molar-refractivity contribution in [2.24, 2.45) is 0 Å². The third kappa shape index (κ3) is 3.54. The average molecular weight is 409 g/mol. The summed E-state index contributed by atoms with van der Waals surface area (Å²) in [6.45, 7) is 7.39. The number of fused-ring (bicyclic) bond motifs is 1. The molecule has 2 atom stereocenters. The second-order valence-corrected chi connectivity index (χ2v) is 8.60. The van der Waals surface area contributed by atoms with Crippen LogP contribution >= 0.6 is 0 Å². The predicted octanol–water partition coefficient (Wildman–Crippen LogP) is 2.50. The fourth-order valence-electron chi connectivity index (χ4n) is 4.92. The van der Waals surface area contributed by atoms with Crippen LogP contribution in [0.3, 0.4) is 0 Å². The van der Waals surface area contributed by atoms with Crippen molar-refractivity contribution in [3.63, 3.8) is 0 Å². The second kappa shape index (κ2) is 7.92. The van der Waals surface area contributed by atoms with Crippen LogP contribution < -0.4 is 5.56 Å². The summed E-state index contributed by atoms with van der Waals surface area (Å²) in [5.41, 5.74) is 3.79. The molecule has 8 heteroatoms. The number of H-pyrrole nitrogens is 1. The van der Waals surface area contributed by atoms with Gasteiger partial charge in [-0.15, -0.1) is 5.10 Å². The van der Waals surface area contributed by atoms with E-state index in [1.54, 1.807) is 0 Å². The molecule has 158 valence electrons. The van der Waals surface area contributed by atoms with Gasteiger partial charge in [0.25, 0.3) is 5.56 Å². The number of aryl methyl sites for hydroxylation is 2. The highest BCUT2D eigenvalue weighted by Crippen LogP contribution is 2.30. The van der Waals surface area contributed by atoms with E-state index >= 15 is 0 Å². The zero-order chi connectivity index (χ0) is 20.7. The number of likely N-dealkylation sites (tertiary alicyclic amines) is 1. The smallest absolute Gasteiger partial charge is 0.253 e. The van der Waals surface area contributed by atoms with Gasteiger partial charge in [-0.05, 0) is 86.1 Å². The van der Waals surface area contributed by atoms with E-state index in [2.05, 4.69) is 44.5 Å². The first-order chi connectivity index (χ1) is 14.6. The number of hydrogen-bond donors (Lipinski definition) is 1. The summed E-state index contributed by atoms with van der Waals surface area (Å²) >= 11 is 0. The highest BCUT2D eigenvalue weighted by molar-refractivity contribution is 5.83. The first-order valence-electron chi connectivity index (χ1n) is 10.9. The normalized spacial score (nSPS) is 20.9. The van der Waals surface area contributed by atoms with Gasteiger partial charge in [0.05, 0.1) is 18.2 Å². The minimum Gasteiger partial charge on any atom is -0.376 e. The molecule has 1 aromatic carbocycles. The number of ether oxygens (including phenoxy) is 1. The Morgan fingerprint density at radius 3 is 2.80 bits per heavy atom. The Bertz CT molecular complexity index is 1110. The molecular weight excluding hydrogens is 380 g/mol. The largest absolute Gasteiger partial charge is 0.376 e. The van der Waals surface area contributed by atoms with E-state index in [9.17, 15) is 4.79 Å². The Morgan fingerprint density at radius 2 is 2.03 bits per heavy atom. The van der Waals surface area contributed by atoms with Crippen LogP contribution in [0.25, 0.3) is 10.9 Å². The third-order valence-electron chi connectivity index (χ3n) is 6.33. The number of aromatic nitrogens is 5. The molecule has 3 aromatic rings. The minimum atomic E-state index is -0.266. The summed E-state index contributed by atoms with van der Waals surface area (Å²) in [5, 5.41) is 13.7. The molecule has 0 bridgehead atoms. The Kier molecular flexibility index (Phi) is 5.12. The van der Waals surface area contributed by atoms with E-state index in [-0.39, 0.29) is 17.7 Å². The van der Waals surface area contributed by atoms with Crippen molar-refractivity contribution in [3.05, 3.63) is 51.1 Å². The van der Waals surface area contributed by atoms with E-state index in [0.717, 1.165) is 67.7 Å². The van der Waals surface area contributed by atoms with Crippen molar-refractivity contribution in [3.8, 4) is 0 Å². The summed E-state index contributed by atoms with van der Waals surface area (Å²) < 4.78 is 7.64. The average Bonchev–Trinajstić information content (AvgIpc) is 3.48. The summed E-state index contributed by atoms with van der Waals surface area (Å²) in [4.78, 5) is 18.7. The van der Waals surface area contributed by atoms with E-state index in [1.165, 1.54) is 5.56 Å². The van der Waals surface area contributed by atoms with E-state index in [4.69, 9.17) is 4.74 Å². The van der Waals surface area contributed by atoms with Gasteiger partial charge < -0.3 is 9.72 Å². The van der Waals surface area contributed by atoms with Gasteiger partial charge in [0, 0.05) is 12.2 Å². The molecule has 2 aliphatic heterocycles. The van der Waals surface area contributed by atoms with Crippen molar-refractivity contribution in [1.82, 2.24) is 30.1 Å². The maximum Gasteiger partial charge on any atom is 0.253 e. The van der Waals surface area contributed by atoms with Gasteiger partial charge in [-0.3, -0.25) is 9.69 Å². The molecule has 0 spiro atoms. The number of pyridine rings is 1. The number of tetrazole rings is 1. The number of nitrogens with zero attached hydrogens (tertiary/aromatic N) is 5. The lowest BCUT2D eigenvalue weighted by Gasteiger charge is -2.27. The van der Waals surface area contributed by atoms with Crippen LogP contribution in [-0.4, -0.2) is 55.9 Å². The van der Waals surface area contributed by atoms with Crippen molar-refractivity contribution in [2.75, 3.05) is 19.7 Å². The fourth-order valence-corrected chi connectivity index (χ4v) is 4.92. The quantitative estimate of drug-likeness (QED) is 0.698. The number of aromatic amines is 1. The van der Waals surface area contributed by atoms with Crippen molar-refractivity contribution in [1.29, 1.82) is 0 Å². The van der Waals surface area contributed by atoms with Crippen molar-refractivity contribution in [2.45, 2.75) is 58.2 Å². The Hall–Kier alpha value is -2.58. The second-order valence-electron chi connectivity index (χ2n) is 8.60. The molecule has 0 radical (unpaired) electrons. The fraction of sp³-hybridized carbons (Fsp3) is 0.545. The number of hydrogen-bond acceptors (Lipinski definition) is 6. The maximum atomic E-state index is 13.2. The van der Waals surface area contributed by atoms with Gasteiger partial charge >= 0.3 is 0 Å². The van der Waals surface area contributed by atoms with Crippen LogP contribution in [0.15, 0.2) is 23.0 Å². The zero-order valence-corrected chi connectivity index (χ0v) is 17.6. The Labute approximate surface area is 175 Å². The molecule has 2 saturated heterocycles. The monoisotopic (exact) mass is 408 g/mol. The first-order valence-corrected chi connectivity index (χ1v) is 10.9. The van der Waals surface area contributed by atoms with Crippen LogP contribution in [0, 0.1) is 13.8 Å². The highest BCUT2D eigenvalue weighted by Gasteiger charge is 2.33. The standard InChI is InChI=1S/C22H28N6O2/c1-14-10-15(2)19-16(11-14)12-18(22(29)23-19)20(27-7-3-4-8-27)21-24-25-26-28(21)13-17-6-5-9-30-17/h10-12,17,20H,3-9,13H2,1-2H3,(H,23,29)/t17-,20-/m0/s1.